The van der Waals surface area contributed by atoms with E-state index >= 15 is 0 Å². The van der Waals surface area contributed by atoms with Gasteiger partial charge in [0, 0.05) is 58.5 Å². The molecule has 3 saturated heterocycles. The topological polar surface area (TPSA) is 27.7 Å². The Morgan fingerprint density at radius 2 is 2.00 bits per heavy atom. The van der Waals surface area contributed by atoms with Gasteiger partial charge in [0.05, 0.1) is 0 Å². The zero-order chi connectivity index (χ0) is 13.7. The van der Waals surface area contributed by atoms with Gasteiger partial charge < -0.3 is 10.1 Å². The normalized spacial score (nSPS) is 33.3. The molecule has 3 aliphatic rings. The second-order valence-electron chi connectivity index (χ2n) is 6.14. The van der Waals surface area contributed by atoms with Crippen molar-refractivity contribution in [3.8, 4) is 0 Å². The summed E-state index contributed by atoms with van der Waals surface area (Å²) in [5, 5.41) is 3.81. The fourth-order valence-corrected chi connectivity index (χ4v) is 3.51. The molecule has 1 N–H and O–H groups in total. The molecule has 0 aromatic heterocycles. The summed E-state index contributed by atoms with van der Waals surface area (Å²) in [6.07, 6.45) is 2.37. The largest absolute Gasteiger partial charge is 0.385 e. The lowest BCUT2D eigenvalue weighted by atomic mass is 9.88. The Hall–Kier alpha value is -0.160. The first-order chi connectivity index (χ1) is 9.26. The SMILES string of the molecule is CCCNC(C(C)CCOC)C1CN2CCN1CC2. The molecule has 4 heteroatoms. The molecule has 3 unspecified atom stereocenters. The van der Waals surface area contributed by atoms with Gasteiger partial charge in [-0.05, 0) is 25.3 Å². The van der Waals surface area contributed by atoms with Gasteiger partial charge in [-0.1, -0.05) is 13.8 Å². The van der Waals surface area contributed by atoms with Gasteiger partial charge in [0.25, 0.3) is 0 Å². The van der Waals surface area contributed by atoms with Gasteiger partial charge in [-0.25, -0.2) is 0 Å². The molecular weight excluding hydrogens is 238 g/mol. The smallest absolute Gasteiger partial charge is 0.0465 e. The van der Waals surface area contributed by atoms with Gasteiger partial charge >= 0.3 is 0 Å². The van der Waals surface area contributed by atoms with E-state index < -0.39 is 0 Å². The predicted octanol–water partition coefficient (Wildman–Crippen LogP) is 1.03. The summed E-state index contributed by atoms with van der Waals surface area (Å²) in [6, 6.07) is 1.30. The lowest BCUT2D eigenvalue weighted by Crippen LogP contribution is -2.67. The fourth-order valence-electron chi connectivity index (χ4n) is 3.51. The fraction of sp³-hybridized carbons (Fsp3) is 1.00. The minimum atomic E-state index is 0.609. The van der Waals surface area contributed by atoms with Crippen molar-refractivity contribution in [1.82, 2.24) is 15.1 Å². The summed E-state index contributed by atoms with van der Waals surface area (Å²) in [6.45, 7) is 12.9. The standard InChI is InChI=1S/C15H31N3O/c1-4-6-16-15(13(2)5-11-19-3)14-12-17-7-9-18(14)10-8-17/h13-16H,4-12H2,1-3H3. The van der Waals surface area contributed by atoms with Crippen LogP contribution in [0.25, 0.3) is 0 Å². The number of nitrogens with one attached hydrogen (secondary N) is 1. The van der Waals surface area contributed by atoms with E-state index in [0.29, 0.717) is 18.0 Å². The van der Waals surface area contributed by atoms with E-state index in [1.54, 1.807) is 7.11 Å². The zero-order valence-corrected chi connectivity index (χ0v) is 12.9. The van der Waals surface area contributed by atoms with E-state index in [9.17, 15) is 0 Å². The van der Waals surface area contributed by atoms with Crippen LogP contribution in [-0.4, -0.2) is 74.9 Å². The minimum absolute atomic E-state index is 0.609. The highest BCUT2D eigenvalue weighted by atomic mass is 16.5. The van der Waals surface area contributed by atoms with Crippen LogP contribution in [0.15, 0.2) is 0 Å². The molecule has 4 nitrogen and oxygen atoms in total. The van der Waals surface area contributed by atoms with Crippen molar-refractivity contribution in [1.29, 1.82) is 0 Å². The molecule has 19 heavy (non-hydrogen) atoms. The lowest BCUT2D eigenvalue weighted by Gasteiger charge is -2.51. The molecule has 3 heterocycles. The minimum Gasteiger partial charge on any atom is -0.385 e. The third-order valence-electron chi connectivity index (χ3n) is 4.76. The van der Waals surface area contributed by atoms with E-state index in [1.807, 2.05) is 0 Å². The lowest BCUT2D eigenvalue weighted by molar-refractivity contribution is -0.0141. The molecule has 112 valence electrons. The van der Waals surface area contributed by atoms with Crippen molar-refractivity contribution in [2.24, 2.45) is 5.92 Å². The summed E-state index contributed by atoms with van der Waals surface area (Å²) in [5.41, 5.74) is 0. The predicted molar refractivity (Wildman–Crippen MR) is 79.5 cm³/mol. The van der Waals surface area contributed by atoms with Crippen molar-refractivity contribution in [3.05, 3.63) is 0 Å². The highest BCUT2D eigenvalue weighted by Gasteiger charge is 2.38. The molecule has 3 fully saturated rings. The van der Waals surface area contributed by atoms with Crippen LogP contribution < -0.4 is 5.32 Å². The molecule has 0 aromatic rings. The summed E-state index contributed by atoms with van der Waals surface area (Å²) >= 11 is 0. The number of methoxy groups -OCH3 is 1. The van der Waals surface area contributed by atoms with Crippen LogP contribution in [0.2, 0.25) is 0 Å². The Bertz CT molecular complexity index is 254. The van der Waals surface area contributed by atoms with Crippen LogP contribution in [0.1, 0.15) is 26.7 Å². The van der Waals surface area contributed by atoms with Crippen LogP contribution in [0.5, 0.6) is 0 Å². The second-order valence-corrected chi connectivity index (χ2v) is 6.14. The monoisotopic (exact) mass is 269 g/mol. The zero-order valence-electron chi connectivity index (χ0n) is 12.9. The molecule has 3 rings (SSSR count). The summed E-state index contributed by atoms with van der Waals surface area (Å²) in [7, 11) is 1.80. The molecule has 3 aliphatic heterocycles. The van der Waals surface area contributed by atoms with Crippen molar-refractivity contribution in [2.45, 2.75) is 38.8 Å². The van der Waals surface area contributed by atoms with Crippen LogP contribution in [0.3, 0.4) is 0 Å². The van der Waals surface area contributed by atoms with Crippen molar-refractivity contribution in [2.75, 3.05) is 53.0 Å². The van der Waals surface area contributed by atoms with Crippen LogP contribution in [0.4, 0.5) is 0 Å². The highest BCUT2D eigenvalue weighted by molar-refractivity contribution is 4.96. The maximum atomic E-state index is 5.26. The number of hydrogen-bond acceptors (Lipinski definition) is 4. The molecule has 0 aromatic carbocycles. The first kappa shape index (κ1) is 15.2. The molecule has 0 amide bonds. The van der Waals surface area contributed by atoms with Gasteiger partial charge in [0.15, 0.2) is 0 Å². The van der Waals surface area contributed by atoms with Crippen molar-refractivity contribution in [3.63, 3.8) is 0 Å². The summed E-state index contributed by atoms with van der Waals surface area (Å²) < 4.78 is 5.26. The molecule has 0 saturated carbocycles. The van der Waals surface area contributed by atoms with Gasteiger partial charge in [-0.15, -0.1) is 0 Å². The third-order valence-corrected chi connectivity index (χ3v) is 4.76. The number of ether oxygens (including phenoxy) is 1. The van der Waals surface area contributed by atoms with E-state index in [4.69, 9.17) is 4.74 Å². The molecule has 0 spiro atoms. The summed E-state index contributed by atoms with van der Waals surface area (Å²) in [4.78, 5) is 5.34. The summed E-state index contributed by atoms with van der Waals surface area (Å²) in [5.74, 6) is 0.678. The molecule has 0 radical (unpaired) electrons. The van der Waals surface area contributed by atoms with Gasteiger partial charge in [-0.2, -0.15) is 0 Å². The highest BCUT2D eigenvalue weighted by Crippen LogP contribution is 2.23. The number of piperazine rings is 3. The van der Waals surface area contributed by atoms with Crippen LogP contribution >= 0.6 is 0 Å². The molecule has 0 aliphatic carbocycles. The first-order valence-electron chi connectivity index (χ1n) is 7.95. The van der Waals surface area contributed by atoms with Crippen LogP contribution in [0, 0.1) is 5.92 Å². The Kier molecular flexibility index (Phi) is 6.07. The Morgan fingerprint density at radius 1 is 1.26 bits per heavy atom. The van der Waals surface area contributed by atoms with Gasteiger partial charge in [0.1, 0.15) is 0 Å². The number of nitrogens with zero attached hydrogens (tertiary/aromatic N) is 2. The average molecular weight is 269 g/mol. The van der Waals surface area contributed by atoms with Gasteiger partial charge in [-0.3, -0.25) is 9.80 Å². The second kappa shape index (κ2) is 7.58. The maximum Gasteiger partial charge on any atom is 0.0465 e. The van der Waals surface area contributed by atoms with E-state index in [-0.39, 0.29) is 0 Å². The van der Waals surface area contributed by atoms with Crippen molar-refractivity contribution < 1.29 is 4.74 Å². The third kappa shape index (κ3) is 3.91. The molecule has 2 bridgehead atoms. The Balaban J connectivity index is 1.95. The van der Waals surface area contributed by atoms with Gasteiger partial charge in [0.2, 0.25) is 0 Å². The Labute approximate surface area is 118 Å². The molecule has 3 atom stereocenters. The van der Waals surface area contributed by atoms with Crippen LogP contribution in [-0.2, 0) is 4.74 Å². The average Bonchev–Trinajstić information content (AvgIpc) is 2.47. The maximum absolute atomic E-state index is 5.26. The Morgan fingerprint density at radius 3 is 2.53 bits per heavy atom. The van der Waals surface area contributed by atoms with E-state index in [1.165, 1.54) is 39.1 Å². The first-order valence-corrected chi connectivity index (χ1v) is 7.95. The number of fused-ring (bicyclic) bond motifs is 3. The quantitative estimate of drug-likeness (QED) is 0.712. The van der Waals surface area contributed by atoms with E-state index in [0.717, 1.165) is 19.6 Å². The number of rotatable bonds is 8. The molecular formula is C15H31N3O. The van der Waals surface area contributed by atoms with E-state index in [2.05, 4.69) is 29.0 Å². The van der Waals surface area contributed by atoms with Crippen molar-refractivity contribution >= 4 is 0 Å². The number of hydrogen-bond donors (Lipinski definition) is 1.